The fourth-order valence-corrected chi connectivity index (χ4v) is 6.17. The summed E-state index contributed by atoms with van der Waals surface area (Å²) in [4.78, 5) is 19.7. The first-order chi connectivity index (χ1) is 17.7. The highest BCUT2D eigenvalue weighted by atomic mass is 32.1. The molecule has 0 saturated carbocycles. The summed E-state index contributed by atoms with van der Waals surface area (Å²) in [5, 5.41) is 0. The highest BCUT2D eigenvalue weighted by Gasteiger charge is 2.33. The van der Waals surface area contributed by atoms with E-state index in [1.165, 1.54) is 22.5 Å². The van der Waals surface area contributed by atoms with Gasteiger partial charge in [-0.1, -0.05) is 65.9 Å². The molecule has 0 radical (unpaired) electrons. The van der Waals surface area contributed by atoms with Crippen LogP contribution >= 0.6 is 11.3 Å². The summed E-state index contributed by atoms with van der Waals surface area (Å²) in [7, 11) is 1.68. The Balaban J connectivity index is 1.58. The van der Waals surface area contributed by atoms with Gasteiger partial charge in [-0.3, -0.25) is 9.36 Å². The zero-order valence-electron chi connectivity index (χ0n) is 20.2. The van der Waals surface area contributed by atoms with E-state index in [0.717, 1.165) is 46.7 Å². The summed E-state index contributed by atoms with van der Waals surface area (Å²) in [5.74, 6) is 1.59. The van der Waals surface area contributed by atoms with Gasteiger partial charge < -0.3 is 9.47 Å². The second kappa shape index (κ2) is 9.28. The molecule has 0 spiro atoms. The molecule has 1 aromatic heterocycles. The maximum absolute atomic E-state index is 13.9. The molecule has 0 bridgehead atoms. The predicted molar refractivity (Wildman–Crippen MR) is 143 cm³/mol. The zero-order chi connectivity index (χ0) is 24.6. The van der Waals surface area contributed by atoms with Crippen molar-refractivity contribution >= 4 is 23.1 Å². The minimum atomic E-state index is -0.261. The van der Waals surface area contributed by atoms with Gasteiger partial charge in [-0.15, -0.1) is 0 Å². The maximum atomic E-state index is 13.9. The Morgan fingerprint density at radius 2 is 1.81 bits per heavy atom. The number of benzene rings is 3. The number of ether oxygens (including phenoxy) is 2. The van der Waals surface area contributed by atoms with Crippen molar-refractivity contribution < 1.29 is 9.47 Å². The molecule has 0 saturated heterocycles. The zero-order valence-corrected chi connectivity index (χ0v) is 21.0. The molecule has 0 amide bonds. The van der Waals surface area contributed by atoms with E-state index in [9.17, 15) is 4.79 Å². The number of allylic oxidation sites excluding steroid dienone is 1. The van der Waals surface area contributed by atoms with Crippen LogP contribution in [-0.2, 0) is 6.42 Å². The van der Waals surface area contributed by atoms with Gasteiger partial charge in [0.25, 0.3) is 5.56 Å². The molecule has 180 valence electrons. The molecule has 0 fully saturated rings. The van der Waals surface area contributed by atoms with E-state index in [2.05, 4.69) is 30.3 Å². The van der Waals surface area contributed by atoms with Crippen LogP contribution in [0.15, 0.2) is 88.2 Å². The maximum Gasteiger partial charge on any atom is 0.271 e. The molecule has 3 aromatic carbocycles. The van der Waals surface area contributed by atoms with E-state index in [4.69, 9.17) is 14.5 Å². The van der Waals surface area contributed by atoms with Gasteiger partial charge in [-0.2, -0.15) is 0 Å². The van der Waals surface area contributed by atoms with Gasteiger partial charge in [0.1, 0.15) is 11.5 Å². The van der Waals surface area contributed by atoms with Crippen molar-refractivity contribution in [2.45, 2.75) is 25.8 Å². The summed E-state index contributed by atoms with van der Waals surface area (Å²) in [6, 6.07) is 24.0. The average molecular weight is 495 g/mol. The van der Waals surface area contributed by atoms with Crippen molar-refractivity contribution in [2.24, 2.45) is 4.99 Å². The van der Waals surface area contributed by atoms with Gasteiger partial charge in [-0.25, -0.2) is 4.99 Å². The van der Waals surface area contributed by atoms with Crippen molar-refractivity contribution in [1.29, 1.82) is 0 Å². The first kappa shape index (κ1) is 22.6. The normalized spacial score (nSPS) is 16.6. The number of para-hydroxylation sites is 1. The lowest BCUT2D eigenvalue weighted by Gasteiger charge is -2.31. The smallest absolute Gasteiger partial charge is 0.271 e. The summed E-state index contributed by atoms with van der Waals surface area (Å²) in [6.45, 7) is 2.58. The number of hydrogen-bond donors (Lipinski definition) is 0. The standard InChI is InChI=1S/C30H26N2O3S/c1-3-35-21-15-12-19(13-16-21)18-26-29(33)32-28(23-10-6-7-11-25(23)34-2)24-17-14-20-8-4-5-9-22(20)27(24)31-30(32)36-26/h4-13,15-16,18,28H,3,14,17H2,1-2H3/b26-18-/t28-/m0/s1. The van der Waals surface area contributed by atoms with Crippen LogP contribution in [0.4, 0.5) is 0 Å². The van der Waals surface area contributed by atoms with Crippen LogP contribution in [0.2, 0.25) is 0 Å². The first-order valence-electron chi connectivity index (χ1n) is 12.2. The molecule has 4 aromatic rings. The molecule has 2 aliphatic rings. The van der Waals surface area contributed by atoms with Crippen LogP contribution in [-0.4, -0.2) is 18.3 Å². The fraction of sp³-hybridized carbons (Fsp3) is 0.200. The third kappa shape index (κ3) is 3.78. The Morgan fingerprint density at radius 3 is 2.61 bits per heavy atom. The molecule has 2 heterocycles. The molecule has 1 aliphatic carbocycles. The van der Waals surface area contributed by atoms with Crippen molar-refractivity contribution in [3.05, 3.63) is 120 Å². The molecule has 6 heteroatoms. The van der Waals surface area contributed by atoms with E-state index in [1.807, 2.05) is 60.0 Å². The monoisotopic (exact) mass is 494 g/mol. The largest absolute Gasteiger partial charge is 0.496 e. The Morgan fingerprint density at radius 1 is 1.03 bits per heavy atom. The molecule has 0 unspecified atom stereocenters. The Labute approximate surface area is 213 Å². The Kier molecular flexibility index (Phi) is 5.82. The minimum absolute atomic E-state index is 0.0334. The summed E-state index contributed by atoms with van der Waals surface area (Å²) < 4.78 is 13.8. The third-order valence-electron chi connectivity index (χ3n) is 6.80. The topological polar surface area (TPSA) is 52.8 Å². The van der Waals surface area contributed by atoms with E-state index in [0.29, 0.717) is 15.9 Å². The van der Waals surface area contributed by atoms with Crippen LogP contribution < -0.4 is 24.4 Å². The summed E-state index contributed by atoms with van der Waals surface area (Å²) in [6.07, 6.45) is 3.71. The number of fused-ring (bicyclic) bond motifs is 3. The molecule has 1 aliphatic heterocycles. The number of rotatable bonds is 5. The highest BCUT2D eigenvalue weighted by Crippen LogP contribution is 2.43. The van der Waals surface area contributed by atoms with Crippen LogP contribution in [0, 0.1) is 0 Å². The molecular weight excluding hydrogens is 468 g/mol. The molecular formula is C30H26N2O3S. The molecule has 5 nitrogen and oxygen atoms in total. The van der Waals surface area contributed by atoms with Crippen LogP contribution in [0.3, 0.4) is 0 Å². The lowest BCUT2D eigenvalue weighted by Crippen LogP contribution is -2.38. The second-order valence-electron chi connectivity index (χ2n) is 8.86. The number of methoxy groups -OCH3 is 1. The van der Waals surface area contributed by atoms with Crippen LogP contribution in [0.5, 0.6) is 11.5 Å². The average Bonchev–Trinajstić information content (AvgIpc) is 3.23. The Hall–Kier alpha value is -3.90. The number of aryl methyl sites for hydroxylation is 1. The molecule has 36 heavy (non-hydrogen) atoms. The summed E-state index contributed by atoms with van der Waals surface area (Å²) >= 11 is 1.44. The van der Waals surface area contributed by atoms with Crippen molar-refractivity contribution in [3.8, 4) is 11.5 Å². The third-order valence-corrected chi connectivity index (χ3v) is 7.78. The SMILES string of the molecule is CCOc1ccc(/C=c2\sc3n(c2=O)[C@@H](c2ccccc2OC)C2=C(N=3)c3ccccc3CC2)cc1. The van der Waals surface area contributed by atoms with Gasteiger partial charge in [0.2, 0.25) is 0 Å². The van der Waals surface area contributed by atoms with Crippen molar-refractivity contribution in [1.82, 2.24) is 4.57 Å². The van der Waals surface area contributed by atoms with Crippen LogP contribution in [0.25, 0.3) is 11.8 Å². The highest BCUT2D eigenvalue weighted by molar-refractivity contribution is 7.07. The van der Waals surface area contributed by atoms with E-state index in [-0.39, 0.29) is 11.6 Å². The number of nitrogens with zero attached hydrogens (tertiary/aromatic N) is 2. The number of thiazole rings is 1. The number of hydrogen-bond acceptors (Lipinski definition) is 5. The first-order valence-corrected chi connectivity index (χ1v) is 13.0. The van der Waals surface area contributed by atoms with E-state index >= 15 is 0 Å². The lowest BCUT2D eigenvalue weighted by molar-refractivity contribution is 0.340. The fourth-order valence-electron chi connectivity index (χ4n) is 5.17. The van der Waals surface area contributed by atoms with Gasteiger partial charge in [0.05, 0.1) is 30.0 Å². The van der Waals surface area contributed by atoms with E-state index < -0.39 is 0 Å². The van der Waals surface area contributed by atoms with Gasteiger partial charge in [0, 0.05) is 11.1 Å². The number of aromatic nitrogens is 1. The Bertz CT molecular complexity index is 1660. The molecule has 1 atom stereocenters. The quantitative estimate of drug-likeness (QED) is 0.403. The van der Waals surface area contributed by atoms with Gasteiger partial charge >= 0.3 is 0 Å². The van der Waals surface area contributed by atoms with Gasteiger partial charge in [0.15, 0.2) is 4.80 Å². The van der Waals surface area contributed by atoms with Crippen molar-refractivity contribution in [3.63, 3.8) is 0 Å². The summed E-state index contributed by atoms with van der Waals surface area (Å²) in [5.41, 5.74) is 6.51. The predicted octanol–water partition coefficient (Wildman–Crippen LogP) is 4.73. The van der Waals surface area contributed by atoms with Crippen LogP contribution in [0.1, 0.15) is 41.6 Å². The van der Waals surface area contributed by atoms with Crippen molar-refractivity contribution in [2.75, 3.05) is 13.7 Å². The minimum Gasteiger partial charge on any atom is -0.496 e. The van der Waals surface area contributed by atoms with Gasteiger partial charge in [-0.05, 0) is 60.7 Å². The molecule has 0 N–H and O–H groups in total. The molecule has 6 rings (SSSR count). The van der Waals surface area contributed by atoms with E-state index in [1.54, 1.807) is 7.11 Å². The lowest BCUT2D eigenvalue weighted by atomic mass is 9.83. The second-order valence-corrected chi connectivity index (χ2v) is 9.87.